The lowest BCUT2D eigenvalue weighted by molar-refractivity contribution is -0.130. The van der Waals surface area contributed by atoms with Crippen molar-refractivity contribution in [2.45, 2.75) is 18.4 Å². The quantitative estimate of drug-likeness (QED) is 0.843. The van der Waals surface area contributed by atoms with E-state index in [0.29, 0.717) is 17.0 Å². The summed E-state index contributed by atoms with van der Waals surface area (Å²) in [5, 5.41) is 0. The van der Waals surface area contributed by atoms with E-state index in [1.54, 1.807) is 25.2 Å². The molecule has 2 amide bonds. The monoisotopic (exact) mass is 326 g/mol. The van der Waals surface area contributed by atoms with Crippen LogP contribution >= 0.6 is 15.9 Å². The van der Waals surface area contributed by atoms with Crippen molar-refractivity contribution >= 4 is 33.4 Å². The van der Waals surface area contributed by atoms with Gasteiger partial charge in [0.1, 0.15) is 5.75 Å². The molecule has 0 radical (unpaired) electrons. The standard InChI is InChI=1S/C13H15BrN2O3/c1-7(2)13(14)12(18)16(3)9-6-8(11(15)17)4-5-10(9)19-13/h4-7H,1-3H3,(H2,15,17). The number of carbonyl (C=O) groups excluding carboxylic acids is 2. The van der Waals surface area contributed by atoms with Crippen LogP contribution in [0.5, 0.6) is 5.75 Å². The molecule has 1 aromatic rings. The number of halogens is 1. The molecule has 19 heavy (non-hydrogen) atoms. The van der Waals surface area contributed by atoms with Gasteiger partial charge in [-0.2, -0.15) is 0 Å². The first kappa shape index (κ1) is 13.9. The second kappa shape index (κ2) is 4.52. The minimum Gasteiger partial charge on any atom is -0.464 e. The fraction of sp³-hybridized carbons (Fsp3) is 0.385. The lowest BCUT2D eigenvalue weighted by Crippen LogP contribution is -2.54. The number of anilines is 1. The molecule has 0 spiro atoms. The normalized spacial score (nSPS) is 22.2. The van der Waals surface area contributed by atoms with Crippen LogP contribution in [-0.2, 0) is 4.79 Å². The summed E-state index contributed by atoms with van der Waals surface area (Å²) < 4.78 is 4.69. The number of rotatable bonds is 2. The second-order valence-electron chi connectivity index (χ2n) is 4.81. The van der Waals surface area contributed by atoms with Crippen LogP contribution < -0.4 is 15.4 Å². The van der Waals surface area contributed by atoms with Crippen molar-refractivity contribution in [2.75, 3.05) is 11.9 Å². The molecule has 0 aromatic heterocycles. The molecule has 0 saturated heterocycles. The van der Waals surface area contributed by atoms with Crippen LogP contribution in [0.4, 0.5) is 5.69 Å². The van der Waals surface area contributed by atoms with Crippen molar-refractivity contribution in [2.24, 2.45) is 11.7 Å². The zero-order valence-electron chi connectivity index (χ0n) is 10.9. The first-order valence-corrected chi connectivity index (χ1v) is 6.66. The Kier molecular flexibility index (Phi) is 3.30. The highest BCUT2D eigenvalue weighted by molar-refractivity contribution is 9.10. The molecule has 0 aliphatic carbocycles. The Morgan fingerprint density at radius 2 is 2.11 bits per heavy atom. The summed E-state index contributed by atoms with van der Waals surface area (Å²) in [6.07, 6.45) is 0. The van der Waals surface area contributed by atoms with Gasteiger partial charge in [0, 0.05) is 18.5 Å². The maximum Gasteiger partial charge on any atom is 0.282 e. The Bertz CT molecular complexity index is 559. The van der Waals surface area contributed by atoms with Gasteiger partial charge in [0.05, 0.1) is 5.69 Å². The zero-order valence-corrected chi connectivity index (χ0v) is 12.5. The number of ether oxygens (including phenoxy) is 1. The molecule has 1 unspecified atom stereocenters. The number of alkyl halides is 1. The van der Waals surface area contributed by atoms with Crippen LogP contribution in [0.1, 0.15) is 24.2 Å². The number of hydrogen-bond donors (Lipinski definition) is 1. The Balaban J connectivity index is 2.53. The van der Waals surface area contributed by atoms with Crippen molar-refractivity contribution in [3.05, 3.63) is 23.8 Å². The molecule has 1 atom stereocenters. The number of benzene rings is 1. The van der Waals surface area contributed by atoms with Gasteiger partial charge in [0.2, 0.25) is 10.4 Å². The molecule has 1 aliphatic rings. The third-order valence-electron chi connectivity index (χ3n) is 3.20. The lowest BCUT2D eigenvalue weighted by atomic mass is 10.0. The molecular formula is C13H15BrN2O3. The Morgan fingerprint density at radius 1 is 1.47 bits per heavy atom. The van der Waals surface area contributed by atoms with E-state index in [0.717, 1.165) is 0 Å². The topological polar surface area (TPSA) is 72.6 Å². The van der Waals surface area contributed by atoms with Crippen molar-refractivity contribution in [3.63, 3.8) is 0 Å². The van der Waals surface area contributed by atoms with Crippen LogP contribution in [0.3, 0.4) is 0 Å². The predicted molar refractivity (Wildman–Crippen MR) is 75.5 cm³/mol. The number of nitrogens with zero attached hydrogens (tertiary/aromatic N) is 1. The van der Waals surface area contributed by atoms with E-state index in [9.17, 15) is 9.59 Å². The molecule has 6 heteroatoms. The van der Waals surface area contributed by atoms with Gasteiger partial charge in [0.25, 0.3) is 5.91 Å². The van der Waals surface area contributed by atoms with Gasteiger partial charge >= 0.3 is 0 Å². The third-order valence-corrected chi connectivity index (χ3v) is 4.62. The minimum atomic E-state index is -1.08. The van der Waals surface area contributed by atoms with Gasteiger partial charge in [-0.05, 0) is 34.1 Å². The molecular weight excluding hydrogens is 312 g/mol. The Morgan fingerprint density at radius 3 is 2.63 bits per heavy atom. The molecule has 102 valence electrons. The van der Waals surface area contributed by atoms with E-state index in [1.807, 2.05) is 13.8 Å². The minimum absolute atomic E-state index is 0.0496. The zero-order chi connectivity index (χ0) is 14.4. The molecule has 0 saturated carbocycles. The molecule has 1 heterocycles. The fourth-order valence-electron chi connectivity index (χ4n) is 1.93. The van der Waals surface area contributed by atoms with E-state index in [4.69, 9.17) is 10.5 Å². The van der Waals surface area contributed by atoms with Gasteiger partial charge in [-0.3, -0.25) is 9.59 Å². The van der Waals surface area contributed by atoms with Crippen molar-refractivity contribution in [3.8, 4) is 5.75 Å². The van der Waals surface area contributed by atoms with E-state index < -0.39 is 10.4 Å². The summed E-state index contributed by atoms with van der Waals surface area (Å²) >= 11 is 3.38. The van der Waals surface area contributed by atoms with Crippen LogP contribution in [0.2, 0.25) is 0 Å². The Labute approximate surface area is 119 Å². The molecule has 0 fully saturated rings. The number of amides is 2. The van der Waals surface area contributed by atoms with E-state index in [-0.39, 0.29) is 11.8 Å². The average Bonchev–Trinajstić information content (AvgIpc) is 2.35. The molecule has 5 nitrogen and oxygen atoms in total. The number of hydrogen-bond acceptors (Lipinski definition) is 3. The van der Waals surface area contributed by atoms with Gasteiger partial charge < -0.3 is 15.4 Å². The summed E-state index contributed by atoms with van der Waals surface area (Å²) in [6, 6.07) is 4.79. The summed E-state index contributed by atoms with van der Waals surface area (Å²) in [4.78, 5) is 25.0. The largest absolute Gasteiger partial charge is 0.464 e. The van der Waals surface area contributed by atoms with Gasteiger partial charge in [-0.25, -0.2) is 0 Å². The highest BCUT2D eigenvalue weighted by Gasteiger charge is 2.47. The predicted octanol–water partition coefficient (Wildman–Crippen LogP) is 1.89. The first-order valence-electron chi connectivity index (χ1n) is 5.87. The summed E-state index contributed by atoms with van der Waals surface area (Å²) in [5.74, 6) is -0.260. The highest BCUT2D eigenvalue weighted by Crippen LogP contribution is 2.43. The number of nitrogens with two attached hydrogens (primary N) is 1. The average molecular weight is 327 g/mol. The summed E-state index contributed by atoms with van der Waals surface area (Å²) in [5.41, 5.74) is 6.12. The number of primary amides is 1. The molecule has 1 aromatic carbocycles. The van der Waals surface area contributed by atoms with E-state index in [1.165, 1.54) is 4.90 Å². The molecule has 0 bridgehead atoms. The third kappa shape index (κ3) is 2.10. The van der Waals surface area contributed by atoms with Crippen molar-refractivity contribution in [1.82, 2.24) is 0 Å². The Hall–Kier alpha value is -1.56. The van der Waals surface area contributed by atoms with E-state index >= 15 is 0 Å². The summed E-state index contributed by atoms with van der Waals surface area (Å²) in [6.45, 7) is 3.78. The number of likely N-dealkylation sites (N-methyl/N-ethyl adjacent to an activating group) is 1. The SMILES string of the molecule is CC(C)C1(Br)Oc2ccc(C(N)=O)cc2N(C)C1=O. The van der Waals surface area contributed by atoms with Gasteiger partial charge in [-0.15, -0.1) is 0 Å². The molecule has 2 N–H and O–H groups in total. The maximum absolute atomic E-state index is 12.4. The highest BCUT2D eigenvalue weighted by atomic mass is 79.9. The fourth-order valence-corrected chi connectivity index (χ4v) is 2.37. The number of carbonyl (C=O) groups is 2. The van der Waals surface area contributed by atoms with Crippen molar-refractivity contribution < 1.29 is 14.3 Å². The first-order chi connectivity index (χ1) is 8.77. The number of fused-ring (bicyclic) bond motifs is 1. The van der Waals surface area contributed by atoms with Crippen LogP contribution in [0.15, 0.2) is 18.2 Å². The second-order valence-corrected chi connectivity index (χ2v) is 5.99. The van der Waals surface area contributed by atoms with Crippen molar-refractivity contribution in [1.29, 1.82) is 0 Å². The van der Waals surface area contributed by atoms with Gasteiger partial charge in [0.15, 0.2) is 0 Å². The maximum atomic E-state index is 12.4. The van der Waals surface area contributed by atoms with Crippen LogP contribution in [0.25, 0.3) is 0 Å². The lowest BCUT2D eigenvalue weighted by Gasteiger charge is -2.40. The summed E-state index contributed by atoms with van der Waals surface area (Å²) in [7, 11) is 1.65. The van der Waals surface area contributed by atoms with Crippen LogP contribution in [0, 0.1) is 5.92 Å². The smallest absolute Gasteiger partial charge is 0.282 e. The molecule has 1 aliphatic heterocycles. The van der Waals surface area contributed by atoms with Crippen LogP contribution in [-0.4, -0.2) is 23.4 Å². The van der Waals surface area contributed by atoms with E-state index in [2.05, 4.69) is 15.9 Å². The molecule has 2 rings (SSSR count). The van der Waals surface area contributed by atoms with Gasteiger partial charge in [-0.1, -0.05) is 13.8 Å².